The first-order valence-corrected chi connectivity index (χ1v) is 6.05. The Morgan fingerprint density at radius 1 is 1.47 bits per heavy atom. The van der Waals surface area contributed by atoms with Gasteiger partial charge in [-0.25, -0.2) is 4.98 Å². The molecule has 1 fully saturated rings. The van der Waals surface area contributed by atoms with Crippen molar-refractivity contribution in [1.82, 2.24) is 4.98 Å². The number of furan rings is 1. The summed E-state index contributed by atoms with van der Waals surface area (Å²) in [6.07, 6.45) is 6.01. The van der Waals surface area contributed by atoms with Crippen LogP contribution >= 0.6 is 0 Å². The molecule has 0 radical (unpaired) electrons. The molecular formula is C13H16N2O2. The number of pyridine rings is 1. The van der Waals surface area contributed by atoms with Crippen LogP contribution in [-0.2, 0) is 4.74 Å². The molecule has 0 aliphatic carbocycles. The lowest BCUT2D eigenvalue weighted by Crippen LogP contribution is -2.30. The van der Waals surface area contributed by atoms with E-state index < -0.39 is 0 Å². The van der Waals surface area contributed by atoms with Gasteiger partial charge in [0.15, 0.2) is 0 Å². The molecule has 0 bridgehead atoms. The number of ether oxygens (including phenoxy) is 1. The van der Waals surface area contributed by atoms with Crippen LogP contribution in [0.2, 0.25) is 0 Å². The van der Waals surface area contributed by atoms with Gasteiger partial charge < -0.3 is 14.5 Å². The topological polar surface area (TPSA) is 47.3 Å². The van der Waals surface area contributed by atoms with Crippen molar-refractivity contribution < 1.29 is 9.15 Å². The molecular weight excluding hydrogens is 216 g/mol. The summed E-state index contributed by atoms with van der Waals surface area (Å²) >= 11 is 0. The maximum atomic E-state index is 5.67. The van der Waals surface area contributed by atoms with E-state index in [1.807, 2.05) is 12.1 Å². The summed E-state index contributed by atoms with van der Waals surface area (Å²) in [7, 11) is 0. The van der Waals surface area contributed by atoms with Crippen LogP contribution in [0.3, 0.4) is 0 Å². The highest BCUT2D eigenvalue weighted by Crippen LogP contribution is 2.24. The molecule has 17 heavy (non-hydrogen) atoms. The molecule has 4 heteroatoms. The second kappa shape index (κ2) is 4.37. The molecule has 1 saturated heterocycles. The van der Waals surface area contributed by atoms with Crippen LogP contribution in [0.4, 0.5) is 5.82 Å². The third-order valence-electron chi connectivity index (χ3n) is 3.27. The first-order chi connectivity index (χ1) is 8.34. The third kappa shape index (κ3) is 2.00. The van der Waals surface area contributed by atoms with E-state index in [1.54, 1.807) is 12.5 Å². The van der Waals surface area contributed by atoms with Crippen molar-refractivity contribution in [2.75, 3.05) is 11.9 Å². The highest BCUT2D eigenvalue weighted by atomic mass is 16.5. The predicted molar refractivity (Wildman–Crippen MR) is 66.1 cm³/mol. The van der Waals surface area contributed by atoms with Gasteiger partial charge in [0.05, 0.1) is 23.8 Å². The number of hydrogen-bond donors (Lipinski definition) is 1. The van der Waals surface area contributed by atoms with E-state index in [1.165, 1.54) is 0 Å². The zero-order chi connectivity index (χ0) is 11.7. The van der Waals surface area contributed by atoms with Crippen LogP contribution in [0.1, 0.15) is 19.8 Å². The molecule has 4 nitrogen and oxygen atoms in total. The van der Waals surface area contributed by atoms with Crippen molar-refractivity contribution in [2.24, 2.45) is 0 Å². The van der Waals surface area contributed by atoms with E-state index in [4.69, 9.17) is 9.15 Å². The third-order valence-corrected chi connectivity index (χ3v) is 3.27. The van der Waals surface area contributed by atoms with Crippen molar-refractivity contribution in [3.05, 3.63) is 24.6 Å². The van der Waals surface area contributed by atoms with Crippen molar-refractivity contribution >= 4 is 16.8 Å². The van der Waals surface area contributed by atoms with Crippen molar-refractivity contribution in [1.29, 1.82) is 0 Å². The largest absolute Gasteiger partial charge is 0.464 e. The zero-order valence-corrected chi connectivity index (χ0v) is 9.85. The van der Waals surface area contributed by atoms with Crippen LogP contribution in [-0.4, -0.2) is 23.7 Å². The van der Waals surface area contributed by atoms with Gasteiger partial charge in [-0.3, -0.25) is 0 Å². The number of rotatable bonds is 3. The monoisotopic (exact) mass is 232 g/mol. The first-order valence-electron chi connectivity index (χ1n) is 6.05. The van der Waals surface area contributed by atoms with Crippen molar-refractivity contribution in [3.63, 3.8) is 0 Å². The highest BCUT2D eigenvalue weighted by Gasteiger charge is 2.23. The maximum absolute atomic E-state index is 5.67. The predicted octanol–water partition coefficient (Wildman–Crippen LogP) is 2.81. The van der Waals surface area contributed by atoms with Gasteiger partial charge in [-0.05, 0) is 31.9 Å². The molecule has 2 atom stereocenters. The smallest absolute Gasteiger partial charge is 0.139 e. The lowest BCUT2D eigenvalue weighted by molar-refractivity contribution is 0.0996. The molecule has 1 aliphatic heterocycles. The van der Waals surface area contributed by atoms with Crippen molar-refractivity contribution in [2.45, 2.75) is 31.9 Å². The van der Waals surface area contributed by atoms with Crippen LogP contribution < -0.4 is 5.32 Å². The van der Waals surface area contributed by atoms with E-state index in [9.17, 15) is 0 Å². The normalized spacial score (nSPS) is 21.8. The highest BCUT2D eigenvalue weighted by molar-refractivity contribution is 5.87. The van der Waals surface area contributed by atoms with Crippen LogP contribution in [0, 0.1) is 0 Å². The number of fused-ring (bicyclic) bond motifs is 1. The summed E-state index contributed by atoms with van der Waals surface area (Å²) in [6, 6.07) is 4.08. The Morgan fingerprint density at radius 3 is 3.24 bits per heavy atom. The summed E-state index contributed by atoms with van der Waals surface area (Å²) in [5.74, 6) is 0.874. The number of aromatic nitrogens is 1. The molecule has 2 aromatic heterocycles. The van der Waals surface area contributed by atoms with Gasteiger partial charge in [0.25, 0.3) is 0 Å². The van der Waals surface area contributed by atoms with E-state index in [0.29, 0.717) is 6.10 Å². The SMILES string of the molecule is CC(Nc1nccc2occc12)C1CCCO1. The molecule has 0 aromatic carbocycles. The standard InChI is InChI=1S/C13H16N2O2/c1-9(11-3-2-7-16-11)15-13-10-5-8-17-12(10)4-6-14-13/h4-6,8-9,11H,2-3,7H2,1H3,(H,14,15). The minimum atomic E-state index is 0.269. The Kier molecular flexibility index (Phi) is 2.73. The molecule has 90 valence electrons. The molecule has 3 rings (SSSR count). The quantitative estimate of drug-likeness (QED) is 0.884. The summed E-state index contributed by atoms with van der Waals surface area (Å²) in [5, 5.41) is 4.44. The van der Waals surface area contributed by atoms with E-state index in [2.05, 4.69) is 17.2 Å². The molecule has 1 aliphatic rings. The summed E-state index contributed by atoms with van der Waals surface area (Å²) in [6.45, 7) is 3.01. The Labute approximate surface area is 100.0 Å². The molecule has 2 aromatic rings. The number of nitrogens with zero attached hydrogens (tertiary/aromatic N) is 1. The second-order valence-electron chi connectivity index (χ2n) is 4.48. The second-order valence-corrected chi connectivity index (χ2v) is 4.48. The fraction of sp³-hybridized carbons (Fsp3) is 0.462. The summed E-state index contributed by atoms with van der Waals surface area (Å²) in [4.78, 5) is 4.36. The molecule has 0 saturated carbocycles. The average molecular weight is 232 g/mol. The lowest BCUT2D eigenvalue weighted by Gasteiger charge is -2.20. The number of nitrogens with one attached hydrogen (secondary N) is 1. The molecule has 3 heterocycles. The Bertz CT molecular complexity index is 503. The molecule has 1 N–H and O–H groups in total. The van der Waals surface area contributed by atoms with Gasteiger partial charge in [0.2, 0.25) is 0 Å². The molecule has 2 unspecified atom stereocenters. The van der Waals surface area contributed by atoms with Gasteiger partial charge >= 0.3 is 0 Å². The van der Waals surface area contributed by atoms with E-state index in [0.717, 1.165) is 36.2 Å². The number of anilines is 1. The Balaban J connectivity index is 1.81. The number of hydrogen-bond acceptors (Lipinski definition) is 4. The van der Waals surface area contributed by atoms with E-state index >= 15 is 0 Å². The fourth-order valence-corrected chi connectivity index (χ4v) is 2.32. The average Bonchev–Trinajstić information content (AvgIpc) is 3.00. The lowest BCUT2D eigenvalue weighted by atomic mass is 10.1. The summed E-state index contributed by atoms with van der Waals surface area (Å²) < 4.78 is 11.0. The summed E-state index contributed by atoms with van der Waals surface area (Å²) in [5.41, 5.74) is 0.863. The minimum absolute atomic E-state index is 0.269. The molecule has 0 spiro atoms. The van der Waals surface area contributed by atoms with E-state index in [-0.39, 0.29) is 6.04 Å². The Hall–Kier alpha value is -1.55. The first kappa shape index (κ1) is 10.6. The minimum Gasteiger partial charge on any atom is -0.464 e. The van der Waals surface area contributed by atoms with Gasteiger partial charge in [0, 0.05) is 12.8 Å². The zero-order valence-electron chi connectivity index (χ0n) is 9.85. The Morgan fingerprint density at radius 2 is 2.41 bits per heavy atom. The molecule has 0 amide bonds. The van der Waals surface area contributed by atoms with Crippen molar-refractivity contribution in [3.8, 4) is 0 Å². The van der Waals surface area contributed by atoms with Crippen LogP contribution in [0.5, 0.6) is 0 Å². The van der Waals surface area contributed by atoms with Gasteiger partial charge in [-0.2, -0.15) is 0 Å². The van der Waals surface area contributed by atoms with Crippen LogP contribution in [0.25, 0.3) is 11.0 Å². The van der Waals surface area contributed by atoms with Gasteiger partial charge in [-0.1, -0.05) is 0 Å². The fourth-order valence-electron chi connectivity index (χ4n) is 2.32. The van der Waals surface area contributed by atoms with Crippen LogP contribution in [0.15, 0.2) is 29.0 Å². The van der Waals surface area contributed by atoms with Gasteiger partial charge in [0.1, 0.15) is 11.4 Å². The maximum Gasteiger partial charge on any atom is 0.139 e. The van der Waals surface area contributed by atoms with Gasteiger partial charge in [-0.15, -0.1) is 0 Å².